The van der Waals surface area contributed by atoms with Crippen molar-refractivity contribution >= 4 is 34.6 Å². The Morgan fingerprint density at radius 2 is 2.00 bits per heavy atom. The number of unbranched alkanes of at least 4 members (excludes halogenated alkanes) is 1. The van der Waals surface area contributed by atoms with Crippen LogP contribution in [0.25, 0.3) is 0 Å². The highest BCUT2D eigenvalue weighted by molar-refractivity contribution is 7.80. The van der Waals surface area contributed by atoms with Crippen molar-refractivity contribution in [2.45, 2.75) is 32.4 Å². The van der Waals surface area contributed by atoms with Gasteiger partial charge >= 0.3 is 6.18 Å². The molecule has 9 heteroatoms. The minimum Gasteiger partial charge on any atom is -0.378 e. The maximum Gasteiger partial charge on any atom is 0.416 e. The number of thiocarbonyl (C=S) groups is 1. The molecule has 0 aromatic heterocycles. The molecule has 0 aliphatic carbocycles. The van der Waals surface area contributed by atoms with Crippen LogP contribution >= 0.6 is 12.2 Å². The Morgan fingerprint density at radius 1 is 1.31 bits per heavy atom. The van der Waals surface area contributed by atoms with E-state index in [0.717, 1.165) is 25.0 Å². The summed E-state index contributed by atoms with van der Waals surface area (Å²) in [6.45, 7) is 4.09. The smallest absolute Gasteiger partial charge is 0.378 e. The van der Waals surface area contributed by atoms with E-state index in [1.165, 1.54) is 6.07 Å². The SMILES string of the molecule is CCCCC(=O)NC(=S)Nc1cc(C(F)(F)F)ccc1N1CCOCC1. The summed E-state index contributed by atoms with van der Waals surface area (Å²) in [7, 11) is 0. The summed E-state index contributed by atoms with van der Waals surface area (Å²) in [6.07, 6.45) is -2.57. The molecular formula is C17H22F3N3O2S. The monoisotopic (exact) mass is 389 g/mol. The van der Waals surface area contributed by atoms with Crippen molar-refractivity contribution in [2.24, 2.45) is 0 Å². The number of benzene rings is 1. The Kier molecular flexibility index (Phi) is 7.22. The van der Waals surface area contributed by atoms with Gasteiger partial charge < -0.3 is 20.3 Å². The minimum absolute atomic E-state index is 0.0139. The van der Waals surface area contributed by atoms with Gasteiger partial charge in [-0.25, -0.2) is 0 Å². The number of halogens is 3. The summed E-state index contributed by atoms with van der Waals surface area (Å²) in [5, 5.41) is 5.24. The molecule has 0 atom stereocenters. The van der Waals surface area contributed by atoms with Crippen LogP contribution in [-0.2, 0) is 15.7 Å². The van der Waals surface area contributed by atoms with E-state index in [1.54, 1.807) is 0 Å². The first-order valence-corrected chi connectivity index (χ1v) is 8.87. The lowest BCUT2D eigenvalue weighted by Crippen LogP contribution is -2.38. The molecule has 2 N–H and O–H groups in total. The van der Waals surface area contributed by atoms with Crippen molar-refractivity contribution in [1.82, 2.24) is 5.32 Å². The molecule has 2 rings (SSSR count). The van der Waals surface area contributed by atoms with Crippen molar-refractivity contribution in [3.05, 3.63) is 23.8 Å². The fourth-order valence-electron chi connectivity index (χ4n) is 2.57. The Morgan fingerprint density at radius 3 is 2.62 bits per heavy atom. The fourth-order valence-corrected chi connectivity index (χ4v) is 2.80. The third-order valence-electron chi connectivity index (χ3n) is 3.93. The zero-order chi connectivity index (χ0) is 19.2. The van der Waals surface area contributed by atoms with Gasteiger partial charge in [-0.1, -0.05) is 13.3 Å². The highest BCUT2D eigenvalue weighted by atomic mass is 32.1. The van der Waals surface area contributed by atoms with Crippen LogP contribution in [0.15, 0.2) is 18.2 Å². The van der Waals surface area contributed by atoms with E-state index in [-0.39, 0.29) is 16.7 Å². The van der Waals surface area contributed by atoms with Crippen LogP contribution in [0.1, 0.15) is 31.7 Å². The maximum absolute atomic E-state index is 13.1. The lowest BCUT2D eigenvalue weighted by molar-refractivity contribution is -0.137. The number of ether oxygens (including phenoxy) is 1. The quantitative estimate of drug-likeness (QED) is 0.755. The number of carbonyl (C=O) groups excluding carboxylic acids is 1. The molecule has 1 fully saturated rings. The van der Waals surface area contributed by atoms with Crippen LogP contribution in [-0.4, -0.2) is 37.3 Å². The van der Waals surface area contributed by atoms with Crippen molar-refractivity contribution in [3.8, 4) is 0 Å². The van der Waals surface area contributed by atoms with Crippen LogP contribution in [0.3, 0.4) is 0 Å². The van der Waals surface area contributed by atoms with Gasteiger partial charge in [0.15, 0.2) is 5.11 Å². The molecule has 1 amide bonds. The van der Waals surface area contributed by atoms with E-state index < -0.39 is 11.7 Å². The normalized spacial score (nSPS) is 14.8. The molecule has 0 radical (unpaired) electrons. The second kappa shape index (κ2) is 9.18. The topological polar surface area (TPSA) is 53.6 Å². The van der Waals surface area contributed by atoms with E-state index in [9.17, 15) is 18.0 Å². The number of hydrogen-bond acceptors (Lipinski definition) is 4. The molecule has 26 heavy (non-hydrogen) atoms. The summed E-state index contributed by atoms with van der Waals surface area (Å²) < 4.78 is 44.5. The Balaban J connectivity index is 2.19. The first-order chi connectivity index (χ1) is 12.3. The highest BCUT2D eigenvalue weighted by Crippen LogP contribution is 2.35. The van der Waals surface area contributed by atoms with Gasteiger partial charge in [-0.3, -0.25) is 4.79 Å². The molecule has 1 aromatic rings. The number of carbonyl (C=O) groups is 1. The number of nitrogens with one attached hydrogen (secondary N) is 2. The Bertz CT molecular complexity index is 647. The van der Waals surface area contributed by atoms with Crippen molar-refractivity contribution in [3.63, 3.8) is 0 Å². The van der Waals surface area contributed by atoms with E-state index >= 15 is 0 Å². The number of morpholine rings is 1. The summed E-state index contributed by atoms with van der Waals surface area (Å²) in [5.74, 6) is -0.260. The van der Waals surface area contributed by atoms with E-state index in [1.807, 2.05) is 11.8 Å². The molecule has 0 bridgehead atoms. The van der Waals surface area contributed by atoms with Gasteiger partial charge in [-0.15, -0.1) is 0 Å². The Labute approximate surface area is 155 Å². The van der Waals surface area contributed by atoms with Crippen LogP contribution < -0.4 is 15.5 Å². The summed E-state index contributed by atoms with van der Waals surface area (Å²) in [6, 6.07) is 3.46. The average Bonchev–Trinajstić information content (AvgIpc) is 2.59. The predicted molar refractivity (Wildman–Crippen MR) is 98.4 cm³/mol. The first kappa shape index (κ1) is 20.4. The summed E-state index contributed by atoms with van der Waals surface area (Å²) in [5.41, 5.74) is 0.0195. The molecule has 0 unspecified atom stereocenters. The molecule has 144 valence electrons. The standard InChI is InChI=1S/C17H22F3N3O2S/c1-2-3-4-15(24)22-16(26)21-13-11-12(17(18,19)20)5-6-14(13)23-7-9-25-10-8-23/h5-6,11H,2-4,7-10H2,1H3,(H2,21,22,24,26). The molecule has 1 aromatic carbocycles. The molecule has 1 heterocycles. The van der Waals surface area contributed by atoms with Gasteiger partial charge in [0.25, 0.3) is 0 Å². The predicted octanol–water partition coefficient (Wildman–Crippen LogP) is 3.55. The van der Waals surface area contributed by atoms with Crippen LogP contribution in [0.5, 0.6) is 0 Å². The van der Waals surface area contributed by atoms with Gasteiger partial charge in [-0.05, 0) is 36.8 Å². The number of alkyl halides is 3. The van der Waals surface area contributed by atoms with Gasteiger partial charge in [0, 0.05) is 19.5 Å². The molecule has 5 nitrogen and oxygen atoms in total. The fraction of sp³-hybridized carbons (Fsp3) is 0.529. The summed E-state index contributed by atoms with van der Waals surface area (Å²) in [4.78, 5) is 13.7. The molecule has 0 saturated carbocycles. The van der Waals surface area contributed by atoms with E-state index in [2.05, 4.69) is 10.6 Å². The minimum atomic E-state index is -4.47. The lowest BCUT2D eigenvalue weighted by Gasteiger charge is -2.31. The number of nitrogens with zero attached hydrogens (tertiary/aromatic N) is 1. The Hall–Kier alpha value is -1.87. The number of rotatable bonds is 5. The molecule has 1 aliphatic rings. The highest BCUT2D eigenvalue weighted by Gasteiger charge is 2.31. The zero-order valence-corrected chi connectivity index (χ0v) is 15.3. The maximum atomic E-state index is 13.1. The third kappa shape index (κ3) is 5.84. The van der Waals surface area contributed by atoms with Crippen molar-refractivity contribution in [2.75, 3.05) is 36.5 Å². The van der Waals surface area contributed by atoms with Crippen LogP contribution in [0.4, 0.5) is 24.5 Å². The van der Waals surface area contributed by atoms with Crippen molar-refractivity contribution < 1.29 is 22.7 Å². The van der Waals surface area contributed by atoms with Gasteiger partial charge in [0.2, 0.25) is 5.91 Å². The summed E-state index contributed by atoms with van der Waals surface area (Å²) >= 11 is 5.09. The van der Waals surface area contributed by atoms with Crippen LogP contribution in [0, 0.1) is 0 Å². The number of anilines is 2. The molecular weight excluding hydrogens is 367 g/mol. The average molecular weight is 389 g/mol. The van der Waals surface area contributed by atoms with Crippen molar-refractivity contribution in [1.29, 1.82) is 0 Å². The molecule has 1 aliphatic heterocycles. The number of amides is 1. The largest absolute Gasteiger partial charge is 0.416 e. The zero-order valence-electron chi connectivity index (χ0n) is 14.5. The third-order valence-corrected chi connectivity index (χ3v) is 4.14. The second-order valence-corrected chi connectivity index (χ2v) is 6.34. The van der Waals surface area contributed by atoms with Gasteiger partial charge in [0.05, 0.1) is 30.2 Å². The van der Waals surface area contributed by atoms with E-state index in [0.29, 0.717) is 38.4 Å². The first-order valence-electron chi connectivity index (χ1n) is 8.46. The van der Waals surface area contributed by atoms with Gasteiger partial charge in [0.1, 0.15) is 0 Å². The van der Waals surface area contributed by atoms with Gasteiger partial charge in [-0.2, -0.15) is 13.2 Å². The lowest BCUT2D eigenvalue weighted by atomic mass is 10.1. The molecule has 0 spiro atoms. The second-order valence-electron chi connectivity index (χ2n) is 5.93. The van der Waals surface area contributed by atoms with E-state index in [4.69, 9.17) is 17.0 Å². The number of hydrogen-bond donors (Lipinski definition) is 2. The van der Waals surface area contributed by atoms with Crippen LogP contribution in [0.2, 0.25) is 0 Å². The molecule has 1 saturated heterocycles.